The van der Waals surface area contributed by atoms with Gasteiger partial charge in [0.1, 0.15) is 0 Å². The van der Waals surface area contributed by atoms with Crippen LogP contribution in [0, 0.1) is 0 Å². The molecule has 0 aromatic heterocycles. The van der Waals surface area contributed by atoms with Gasteiger partial charge in [0.05, 0.1) is 6.10 Å². The van der Waals surface area contributed by atoms with E-state index in [1.807, 2.05) is 13.8 Å². The molecule has 0 rings (SSSR count). The Morgan fingerprint density at radius 1 is 1.50 bits per heavy atom. The zero-order valence-corrected chi connectivity index (χ0v) is 5.90. The van der Waals surface area contributed by atoms with Crippen molar-refractivity contribution in [3.05, 3.63) is 0 Å². The summed E-state index contributed by atoms with van der Waals surface area (Å²) in [7, 11) is 0. The zero-order chi connectivity index (χ0) is 6.41. The van der Waals surface area contributed by atoms with Crippen LogP contribution in [-0.4, -0.2) is 12.6 Å². The molecule has 1 N–H and O–H groups in total. The van der Waals surface area contributed by atoms with Gasteiger partial charge in [0.2, 0.25) is 0 Å². The van der Waals surface area contributed by atoms with Crippen molar-refractivity contribution in [2.75, 3.05) is 6.54 Å². The molecule has 0 saturated carbocycles. The third-order valence-corrected chi connectivity index (χ3v) is 1.00. The van der Waals surface area contributed by atoms with E-state index in [9.17, 15) is 0 Å². The zero-order valence-electron chi connectivity index (χ0n) is 5.90. The van der Waals surface area contributed by atoms with Crippen LogP contribution in [0.2, 0.25) is 0 Å². The third-order valence-electron chi connectivity index (χ3n) is 1.00. The number of hydrogen-bond donors (Lipinski definition) is 1. The lowest BCUT2D eigenvalue weighted by molar-refractivity contribution is -0.0136. The molecule has 0 fully saturated rings. The highest BCUT2D eigenvalue weighted by Gasteiger charge is 1.93. The molecular weight excluding hydrogens is 102 g/mol. The lowest BCUT2D eigenvalue weighted by Gasteiger charge is -2.08. The smallest absolute Gasteiger partial charge is 0.0759 e. The molecule has 0 heterocycles. The molecule has 1 unspecified atom stereocenters. The summed E-state index contributed by atoms with van der Waals surface area (Å²) in [6, 6.07) is 0. The van der Waals surface area contributed by atoms with Gasteiger partial charge >= 0.3 is 0 Å². The van der Waals surface area contributed by atoms with Crippen molar-refractivity contribution in [3.63, 3.8) is 0 Å². The first kappa shape index (κ1) is 7.92. The molecule has 0 spiro atoms. The molecule has 1 atom stereocenters. The highest BCUT2D eigenvalue weighted by molar-refractivity contribution is 4.39. The van der Waals surface area contributed by atoms with Gasteiger partial charge in [-0.05, 0) is 13.3 Å². The topological polar surface area (TPSA) is 21.3 Å². The molecule has 0 aliphatic heterocycles. The van der Waals surface area contributed by atoms with E-state index < -0.39 is 0 Å². The van der Waals surface area contributed by atoms with Gasteiger partial charge in [-0.1, -0.05) is 13.8 Å². The van der Waals surface area contributed by atoms with E-state index in [4.69, 9.17) is 4.84 Å². The van der Waals surface area contributed by atoms with Crippen molar-refractivity contribution in [2.45, 2.75) is 33.3 Å². The summed E-state index contributed by atoms with van der Waals surface area (Å²) in [5.41, 5.74) is 2.80. The maximum Gasteiger partial charge on any atom is 0.0759 e. The van der Waals surface area contributed by atoms with Gasteiger partial charge in [0, 0.05) is 6.54 Å². The van der Waals surface area contributed by atoms with Crippen LogP contribution in [0.3, 0.4) is 0 Å². The highest BCUT2D eigenvalue weighted by atomic mass is 16.7. The van der Waals surface area contributed by atoms with E-state index >= 15 is 0 Å². The highest BCUT2D eigenvalue weighted by Crippen LogP contribution is 1.90. The van der Waals surface area contributed by atoms with Crippen LogP contribution in [0.1, 0.15) is 27.2 Å². The summed E-state index contributed by atoms with van der Waals surface area (Å²) in [6.07, 6.45) is 1.41. The fourth-order valence-electron chi connectivity index (χ4n) is 0.309. The number of rotatable bonds is 4. The van der Waals surface area contributed by atoms with E-state index in [-0.39, 0.29) is 0 Å². The number of nitrogens with one attached hydrogen (secondary N) is 1. The lowest BCUT2D eigenvalue weighted by atomic mass is 10.3. The van der Waals surface area contributed by atoms with E-state index in [0.29, 0.717) is 6.10 Å². The predicted molar refractivity (Wildman–Crippen MR) is 34.5 cm³/mol. The summed E-state index contributed by atoms with van der Waals surface area (Å²) < 4.78 is 0. The minimum absolute atomic E-state index is 0.343. The maximum atomic E-state index is 5.09. The Bertz CT molecular complexity index is 47.8. The van der Waals surface area contributed by atoms with Crippen LogP contribution in [0.4, 0.5) is 0 Å². The normalized spacial score (nSPS) is 13.9. The van der Waals surface area contributed by atoms with Gasteiger partial charge in [-0.15, -0.1) is 0 Å². The van der Waals surface area contributed by atoms with Crippen LogP contribution >= 0.6 is 0 Å². The van der Waals surface area contributed by atoms with Crippen molar-refractivity contribution in [3.8, 4) is 0 Å². The summed E-state index contributed by atoms with van der Waals surface area (Å²) in [5.74, 6) is 0. The molecule has 0 bridgehead atoms. The van der Waals surface area contributed by atoms with Crippen LogP contribution < -0.4 is 5.48 Å². The lowest BCUT2D eigenvalue weighted by Crippen LogP contribution is -2.20. The average molecular weight is 117 g/mol. The molecule has 0 aliphatic rings. The Balaban J connectivity index is 2.86. The predicted octanol–water partition coefficient (Wildman–Crippen LogP) is 1.33. The summed E-state index contributed by atoms with van der Waals surface area (Å²) in [5, 5.41) is 0. The fraction of sp³-hybridized carbons (Fsp3) is 1.00. The Hall–Kier alpha value is -0.0800. The maximum absolute atomic E-state index is 5.09. The molecule has 2 nitrogen and oxygen atoms in total. The SMILES string of the molecule is CCNOC(C)CC. The largest absolute Gasteiger partial charge is 0.299 e. The average Bonchev–Trinajstić information content (AvgIpc) is 1.83. The molecule has 0 aromatic rings. The van der Waals surface area contributed by atoms with Crippen molar-refractivity contribution in [1.82, 2.24) is 5.48 Å². The van der Waals surface area contributed by atoms with E-state index in [1.165, 1.54) is 0 Å². The van der Waals surface area contributed by atoms with Crippen molar-refractivity contribution in [2.24, 2.45) is 0 Å². The van der Waals surface area contributed by atoms with Crippen LogP contribution in [0.5, 0.6) is 0 Å². The van der Waals surface area contributed by atoms with Gasteiger partial charge in [-0.2, -0.15) is 0 Å². The van der Waals surface area contributed by atoms with Gasteiger partial charge < -0.3 is 0 Å². The third kappa shape index (κ3) is 4.09. The summed E-state index contributed by atoms with van der Waals surface area (Å²) >= 11 is 0. The van der Waals surface area contributed by atoms with E-state index in [1.54, 1.807) is 0 Å². The number of hydrogen-bond acceptors (Lipinski definition) is 2. The quantitative estimate of drug-likeness (QED) is 0.561. The fourth-order valence-corrected chi connectivity index (χ4v) is 0.309. The first-order valence-electron chi connectivity index (χ1n) is 3.19. The Kier molecular flexibility index (Phi) is 5.01. The van der Waals surface area contributed by atoms with Gasteiger partial charge in [0.15, 0.2) is 0 Å². The first-order chi connectivity index (χ1) is 3.81. The Morgan fingerprint density at radius 2 is 2.12 bits per heavy atom. The summed E-state index contributed by atoms with van der Waals surface area (Å²) in [4.78, 5) is 5.09. The van der Waals surface area contributed by atoms with Crippen molar-refractivity contribution >= 4 is 0 Å². The molecule has 0 radical (unpaired) electrons. The van der Waals surface area contributed by atoms with Gasteiger partial charge in [-0.25, -0.2) is 5.48 Å². The molecule has 8 heavy (non-hydrogen) atoms. The molecule has 0 amide bonds. The van der Waals surface area contributed by atoms with Crippen LogP contribution in [-0.2, 0) is 4.84 Å². The first-order valence-corrected chi connectivity index (χ1v) is 3.19. The Morgan fingerprint density at radius 3 is 2.50 bits per heavy atom. The van der Waals surface area contributed by atoms with Crippen molar-refractivity contribution in [1.29, 1.82) is 0 Å². The Labute approximate surface area is 51.2 Å². The van der Waals surface area contributed by atoms with Crippen LogP contribution in [0.15, 0.2) is 0 Å². The van der Waals surface area contributed by atoms with Crippen LogP contribution in [0.25, 0.3) is 0 Å². The standard InChI is InChI=1S/C6H15NO/c1-4-6(3)8-7-5-2/h6-7H,4-5H2,1-3H3. The monoisotopic (exact) mass is 117 g/mol. The van der Waals surface area contributed by atoms with E-state index in [0.717, 1.165) is 13.0 Å². The molecule has 50 valence electrons. The van der Waals surface area contributed by atoms with Crippen molar-refractivity contribution < 1.29 is 4.84 Å². The molecule has 0 aliphatic carbocycles. The molecular formula is C6H15NO. The number of hydroxylamine groups is 1. The molecule has 0 aromatic carbocycles. The second-order valence-electron chi connectivity index (χ2n) is 1.83. The second kappa shape index (κ2) is 5.06. The summed E-state index contributed by atoms with van der Waals surface area (Å²) in [6.45, 7) is 7.04. The van der Waals surface area contributed by atoms with E-state index in [2.05, 4.69) is 12.4 Å². The molecule has 2 heteroatoms. The minimum atomic E-state index is 0.343. The van der Waals surface area contributed by atoms with Gasteiger partial charge in [0.25, 0.3) is 0 Å². The second-order valence-corrected chi connectivity index (χ2v) is 1.83. The minimum Gasteiger partial charge on any atom is -0.299 e. The molecule has 0 saturated heterocycles. The van der Waals surface area contributed by atoms with Gasteiger partial charge in [-0.3, -0.25) is 4.84 Å².